The Bertz CT molecular complexity index is 815. The van der Waals surface area contributed by atoms with Gasteiger partial charge in [0.15, 0.2) is 0 Å². The van der Waals surface area contributed by atoms with Gasteiger partial charge >= 0.3 is 0 Å². The minimum atomic E-state index is -0.376. The topological polar surface area (TPSA) is 70.7 Å². The highest BCUT2D eigenvalue weighted by molar-refractivity contribution is 5.96. The molecule has 2 N–H and O–H groups in total. The van der Waals surface area contributed by atoms with Gasteiger partial charge in [-0.15, -0.1) is 0 Å². The molecule has 28 heavy (non-hydrogen) atoms. The van der Waals surface area contributed by atoms with Crippen LogP contribution in [-0.2, 0) is 16.1 Å². The highest BCUT2D eigenvalue weighted by Gasteiger charge is 2.19. The smallest absolute Gasteiger partial charge is 0.243 e. The van der Waals surface area contributed by atoms with Gasteiger partial charge in [-0.25, -0.2) is 0 Å². The van der Waals surface area contributed by atoms with Crippen LogP contribution in [0.3, 0.4) is 0 Å². The fourth-order valence-electron chi connectivity index (χ4n) is 2.91. The van der Waals surface area contributed by atoms with Gasteiger partial charge in [-0.05, 0) is 56.6 Å². The zero-order valence-electron chi connectivity index (χ0n) is 17.2. The van der Waals surface area contributed by atoms with Crippen LogP contribution in [0.4, 0.5) is 5.69 Å². The van der Waals surface area contributed by atoms with Gasteiger partial charge in [0.05, 0.1) is 19.7 Å². The minimum absolute atomic E-state index is 0.0655. The van der Waals surface area contributed by atoms with Crippen molar-refractivity contribution in [1.29, 1.82) is 0 Å². The van der Waals surface area contributed by atoms with Crippen LogP contribution in [-0.4, -0.2) is 43.5 Å². The van der Waals surface area contributed by atoms with Gasteiger partial charge in [0.1, 0.15) is 5.75 Å². The molecule has 1 atom stereocenters. The van der Waals surface area contributed by atoms with E-state index in [2.05, 4.69) is 10.6 Å². The number of nitrogens with zero attached hydrogens (tertiary/aromatic N) is 1. The summed E-state index contributed by atoms with van der Waals surface area (Å²) in [6, 6.07) is 13.2. The number of carbonyl (C=O) groups is 2. The van der Waals surface area contributed by atoms with Crippen molar-refractivity contribution in [3.05, 3.63) is 59.2 Å². The van der Waals surface area contributed by atoms with Gasteiger partial charge in [0.25, 0.3) is 0 Å². The molecule has 0 unspecified atom stereocenters. The van der Waals surface area contributed by atoms with Crippen LogP contribution < -0.4 is 15.4 Å². The second-order valence-electron chi connectivity index (χ2n) is 6.98. The minimum Gasteiger partial charge on any atom is -0.497 e. The van der Waals surface area contributed by atoms with Gasteiger partial charge in [0.2, 0.25) is 11.8 Å². The third-order valence-corrected chi connectivity index (χ3v) is 4.78. The molecular formula is C22H29N3O3. The Morgan fingerprint density at radius 3 is 2.39 bits per heavy atom. The summed E-state index contributed by atoms with van der Waals surface area (Å²) in [6.07, 6.45) is 0. The number of nitrogens with one attached hydrogen (secondary N) is 2. The Morgan fingerprint density at radius 1 is 1.11 bits per heavy atom. The molecule has 150 valence electrons. The van der Waals surface area contributed by atoms with Crippen LogP contribution in [0.15, 0.2) is 42.5 Å². The zero-order chi connectivity index (χ0) is 20.7. The molecule has 0 fully saturated rings. The number of aryl methyl sites for hydroxylation is 2. The quantitative estimate of drug-likeness (QED) is 0.735. The first-order valence-electron chi connectivity index (χ1n) is 9.28. The molecule has 2 rings (SSSR count). The average Bonchev–Trinajstić information content (AvgIpc) is 2.68. The van der Waals surface area contributed by atoms with E-state index in [1.54, 1.807) is 7.11 Å². The van der Waals surface area contributed by atoms with E-state index < -0.39 is 0 Å². The van der Waals surface area contributed by atoms with E-state index in [1.807, 2.05) is 75.2 Å². The zero-order valence-corrected chi connectivity index (χ0v) is 17.2. The SMILES string of the molecule is COc1cccc(CN(C)[C@@H](C)C(=O)NCC(=O)Nc2c(C)cccc2C)c1. The molecule has 2 amide bonds. The van der Waals surface area contributed by atoms with E-state index >= 15 is 0 Å². The Hall–Kier alpha value is -2.86. The predicted molar refractivity (Wildman–Crippen MR) is 111 cm³/mol. The molecule has 6 nitrogen and oxygen atoms in total. The normalized spacial score (nSPS) is 11.8. The number of rotatable bonds is 8. The summed E-state index contributed by atoms with van der Waals surface area (Å²) in [5.41, 5.74) is 3.83. The summed E-state index contributed by atoms with van der Waals surface area (Å²) in [7, 11) is 3.50. The number of benzene rings is 2. The van der Waals surface area contributed by atoms with E-state index in [0.29, 0.717) is 6.54 Å². The molecule has 0 heterocycles. The average molecular weight is 383 g/mol. The maximum Gasteiger partial charge on any atom is 0.243 e. The molecule has 6 heteroatoms. The van der Waals surface area contributed by atoms with Crippen molar-refractivity contribution in [1.82, 2.24) is 10.2 Å². The first-order chi connectivity index (χ1) is 13.3. The first kappa shape index (κ1) is 21.4. The lowest BCUT2D eigenvalue weighted by atomic mass is 10.1. The Balaban J connectivity index is 1.86. The summed E-state index contributed by atoms with van der Waals surface area (Å²) in [5, 5.41) is 5.59. The molecule has 0 spiro atoms. The third-order valence-electron chi connectivity index (χ3n) is 4.78. The number of amides is 2. The highest BCUT2D eigenvalue weighted by Crippen LogP contribution is 2.19. The van der Waals surface area contributed by atoms with E-state index in [1.165, 1.54) is 0 Å². The van der Waals surface area contributed by atoms with Crippen molar-refractivity contribution in [2.24, 2.45) is 0 Å². The molecule has 2 aromatic rings. The van der Waals surface area contributed by atoms with Crippen LogP contribution in [0.25, 0.3) is 0 Å². The van der Waals surface area contributed by atoms with Gasteiger partial charge in [-0.1, -0.05) is 30.3 Å². The van der Waals surface area contributed by atoms with E-state index in [4.69, 9.17) is 4.74 Å². The van der Waals surface area contributed by atoms with E-state index in [0.717, 1.165) is 28.1 Å². The van der Waals surface area contributed by atoms with Gasteiger partial charge < -0.3 is 15.4 Å². The standard InChI is InChI=1S/C22H29N3O3/c1-15-8-6-9-16(2)21(15)24-20(26)13-23-22(27)17(3)25(4)14-18-10-7-11-19(12-18)28-5/h6-12,17H,13-14H2,1-5H3,(H,23,27)(H,24,26)/t17-/m0/s1. The number of carbonyl (C=O) groups excluding carboxylic acids is 2. The van der Waals surface area contributed by atoms with Crippen LogP contribution in [0.1, 0.15) is 23.6 Å². The lowest BCUT2D eigenvalue weighted by molar-refractivity contribution is -0.127. The Morgan fingerprint density at radius 2 is 1.75 bits per heavy atom. The van der Waals surface area contributed by atoms with Crippen molar-refractivity contribution >= 4 is 17.5 Å². The molecule has 0 aromatic heterocycles. The second kappa shape index (κ2) is 9.90. The summed E-state index contributed by atoms with van der Waals surface area (Å²) >= 11 is 0. The first-order valence-corrected chi connectivity index (χ1v) is 9.28. The lowest BCUT2D eigenvalue weighted by Gasteiger charge is -2.24. The number of hydrogen-bond acceptors (Lipinski definition) is 4. The molecule has 0 saturated heterocycles. The molecule has 2 aromatic carbocycles. The molecule has 0 aliphatic carbocycles. The maximum absolute atomic E-state index is 12.4. The third kappa shape index (κ3) is 5.82. The Kier molecular flexibility index (Phi) is 7.58. The maximum atomic E-state index is 12.4. The summed E-state index contributed by atoms with van der Waals surface area (Å²) in [4.78, 5) is 26.6. The van der Waals surface area contributed by atoms with Crippen LogP contribution in [0.2, 0.25) is 0 Å². The van der Waals surface area contributed by atoms with Crippen LogP contribution >= 0.6 is 0 Å². The molecule has 0 saturated carbocycles. The van der Waals surface area contributed by atoms with Crippen molar-refractivity contribution in [3.8, 4) is 5.75 Å². The summed E-state index contributed by atoms with van der Waals surface area (Å²) in [6.45, 7) is 6.23. The number of para-hydroxylation sites is 1. The highest BCUT2D eigenvalue weighted by atomic mass is 16.5. The molecule has 0 aliphatic rings. The second-order valence-corrected chi connectivity index (χ2v) is 6.98. The fraction of sp³-hybridized carbons (Fsp3) is 0.364. The number of anilines is 1. The number of likely N-dealkylation sites (N-methyl/N-ethyl adjacent to an activating group) is 1. The van der Waals surface area contributed by atoms with Crippen molar-refractivity contribution < 1.29 is 14.3 Å². The van der Waals surface area contributed by atoms with E-state index in [9.17, 15) is 9.59 Å². The fourth-order valence-corrected chi connectivity index (χ4v) is 2.91. The van der Waals surface area contributed by atoms with Gasteiger partial charge in [-0.3, -0.25) is 14.5 Å². The van der Waals surface area contributed by atoms with Crippen LogP contribution in [0.5, 0.6) is 5.75 Å². The molecule has 0 bridgehead atoms. The largest absolute Gasteiger partial charge is 0.497 e. The van der Waals surface area contributed by atoms with Crippen molar-refractivity contribution in [2.75, 3.05) is 26.0 Å². The Labute approximate surface area is 166 Å². The summed E-state index contributed by atoms with van der Waals surface area (Å²) in [5.74, 6) is 0.349. The predicted octanol–water partition coefficient (Wildman–Crippen LogP) is 2.89. The lowest BCUT2D eigenvalue weighted by Crippen LogP contribution is -2.45. The van der Waals surface area contributed by atoms with E-state index in [-0.39, 0.29) is 24.4 Å². The molecule has 0 radical (unpaired) electrons. The number of hydrogen-bond donors (Lipinski definition) is 2. The van der Waals surface area contributed by atoms with Gasteiger partial charge in [0, 0.05) is 12.2 Å². The monoisotopic (exact) mass is 383 g/mol. The summed E-state index contributed by atoms with van der Waals surface area (Å²) < 4.78 is 5.23. The van der Waals surface area contributed by atoms with Crippen molar-refractivity contribution in [3.63, 3.8) is 0 Å². The van der Waals surface area contributed by atoms with Gasteiger partial charge in [-0.2, -0.15) is 0 Å². The molecule has 0 aliphatic heterocycles. The molecular weight excluding hydrogens is 354 g/mol. The van der Waals surface area contributed by atoms with Crippen molar-refractivity contribution in [2.45, 2.75) is 33.4 Å². The van der Waals surface area contributed by atoms with Crippen LogP contribution in [0, 0.1) is 13.8 Å². The number of ether oxygens (including phenoxy) is 1. The number of methoxy groups -OCH3 is 1.